The molecule has 5 heteroatoms. The number of hydrogen-bond acceptors (Lipinski definition) is 5. The van der Waals surface area contributed by atoms with Crippen LogP contribution in [0.25, 0.3) is 0 Å². The van der Waals surface area contributed by atoms with Crippen molar-refractivity contribution >= 4 is 12.6 Å². The first kappa shape index (κ1) is 7.82. The van der Waals surface area contributed by atoms with Gasteiger partial charge in [-0.1, -0.05) is 0 Å². The van der Waals surface area contributed by atoms with E-state index in [1.165, 1.54) is 0 Å². The number of thiol groups is 1. The molecule has 64 valence electrons. The number of rotatable bonds is 0. The highest BCUT2D eigenvalue weighted by Gasteiger charge is 2.47. The highest BCUT2D eigenvalue weighted by Crippen LogP contribution is 2.30. The van der Waals surface area contributed by atoms with E-state index in [1.807, 2.05) is 0 Å². The third-order valence-electron chi connectivity index (χ3n) is 2.09. The van der Waals surface area contributed by atoms with Crippen LogP contribution in [0.4, 0.5) is 0 Å². The lowest BCUT2D eigenvalue weighted by Crippen LogP contribution is -2.51. The summed E-state index contributed by atoms with van der Waals surface area (Å²) in [6.45, 7) is 0.347. The van der Waals surface area contributed by atoms with Crippen molar-refractivity contribution in [2.24, 2.45) is 0 Å². The number of ether oxygens (including phenoxy) is 2. The predicted molar refractivity (Wildman–Crippen MR) is 39.4 cm³/mol. The molecule has 4 nitrogen and oxygen atoms in total. The molecule has 2 aliphatic rings. The van der Waals surface area contributed by atoms with Crippen LogP contribution in [0.15, 0.2) is 0 Å². The summed E-state index contributed by atoms with van der Waals surface area (Å²) in [6, 6.07) is 0. The fourth-order valence-corrected chi connectivity index (χ4v) is 1.71. The van der Waals surface area contributed by atoms with Gasteiger partial charge >= 0.3 is 0 Å². The summed E-state index contributed by atoms with van der Waals surface area (Å²) in [5.41, 5.74) is 0. The van der Waals surface area contributed by atoms with Gasteiger partial charge in [-0.15, -0.1) is 0 Å². The zero-order valence-corrected chi connectivity index (χ0v) is 6.65. The Morgan fingerprint density at radius 2 is 2.00 bits per heavy atom. The Morgan fingerprint density at radius 3 is 2.73 bits per heavy atom. The highest BCUT2D eigenvalue weighted by atomic mass is 32.1. The van der Waals surface area contributed by atoms with E-state index < -0.39 is 23.7 Å². The average Bonchev–Trinajstić information content (AvgIpc) is 2.44. The van der Waals surface area contributed by atoms with Crippen molar-refractivity contribution < 1.29 is 19.7 Å². The van der Waals surface area contributed by atoms with E-state index in [-0.39, 0.29) is 6.10 Å². The molecular formula is C6H10O4S. The molecule has 0 aromatic rings. The van der Waals surface area contributed by atoms with E-state index >= 15 is 0 Å². The normalized spacial score (nSPS) is 56.5. The summed E-state index contributed by atoms with van der Waals surface area (Å²) in [5, 5.41) is 18.2. The van der Waals surface area contributed by atoms with Crippen molar-refractivity contribution in [3.63, 3.8) is 0 Å². The van der Waals surface area contributed by atoms with Crippen LogP contribution in [0.1, 0.15) is 0 Å². The van der Waals surface area contributed by atoms with E-state index in [0.29, 0.717) is 6.61 Å². The maximum Gasteiger partial charge on any atom is 0.172 e. The zero-order chi connectivity index (χ0) is 8.01. The first-order valence-electron chi connectivity index (χ1n) is 3.51. The lowest BCUT2D eigenvalue weighted by atomic mass is 10.0. The molecule has 0 saturated carbocycles. The van der Waals surface area contributed by atoms with Crippen LogP contribution in [0.5, 0.6) is 0 Å². The van der Waals surface area contributed by atoms with Crippen molar-refractivity contribution in [2.75, 3.05) is 6.61 Å². The van der Waals surface area contributed by atoms with E-state index in [1.54, 1.807) is 0 Å². The molecule has 0 unspecified atom stereocenters. The van der Waals surface area contributed by atoms with Gasteiger partial charge in [-0.05, 0) is 0 Å². The van der Waals surface area contributed by atoms with Crippen molar-refractivity contribution in [1.29, 1.82) is 0 Å². The van der Waals surface area contributed by atoms with Crippen LogP contribution < -0.4 is 0 Å². The summed E-state index contributed by atoms with van der Waals surface area (Å²) in [6.07, 6.45) is -2.54. The summed E-state index contributed by atoms with van der Waals surface area (Å²) < 4.78 is 10.3. The summed E-state index contributed by atoms with van der Waals surface area (Å²) in [7, 11) is 0. The fourth-order valence-electron chi connectivity index (χ4n) is 1.38. The minimum atomic E-state index is -0.865. The Kier molecular flexibility index (Phi) is 1.85. The largest absolute Gasteiger partial charge is 0.389 e. The predicted octanol–water partition coefficient (Wildman–Crippen LogP) is -1.24. The first-order valence-corrected chi connectivity index (χ1v) is 4.03. The Morgan fingerprint density at radius 1 is 1.27 bits per heavy atom. The molecule has 0 aromatic heterocycles. The molecule has 11 heavy (non-hydrogen) atoms. The van der Waals surface area contributed by atoms with Crippen molar-refractivity contribution in [3.05, 3.63) is 0 Å². The molecule has 2 bridgehead atoms. The van der Waals surface area contributed by atoms with Crippen LogP contribution in [0, 0.1) is 0 Å². The monoisotopic (exact) mass is 178 g/mol. The lowest BCUT2D eigenvalue weighted by molar-refractivity contribution is -0.159. The van der Waals surface area contributed by atoms with E-state index in [9.17, 15) is 10.2 Å². The number of aliphatic hydroxyl groups excluding tert-OH is 2. The van der Waals surface area contributed by atoms with Gasteiger partial charge in [-0.2, -0.15) is 12.6 Å². The first-order chi connectivity index (χ1) is 5.20. The second kappa shape index (κ2) is 2.60. The maximum atomic E-state index is 9.34. The molecule has 0 aliphatic carbocycles. The van der Waals surface area contributed by atoms with Crippen molar-refractivity contribution in [1.82, 2.24) is 0 Å². The van der Waals surface area contributed by atoms with Gasteiger partial charge in [-0.25, -0.2) is 0 Å². The van der Waals surface area contributed by atoms with Gasteiger partial charge in [0.25, 0.3) is 0 Å². The van der Waals surface area contributed by atoms with Crippen LogP contribution in [0.3, 0.4) is 0 Å². The van der Waals surface area contributed by atoms with Crippen LogP contribution in [0.2, 0.25) is 0 Å². The molecule has 2 aliphatic heterocycles. The Bertz CT molecular complexity index is 145. The molecule has 0 amide bonds. The Labute approximate surface area is 69.5 Å². The van der Waals surface area contributed by atoms with E-state index in [0.717, 1.165) is 0 Å². The molecular weight excluding hydrogens is 168 g/mol. The van der Waals surface area contributed by atoms with Crippen LogP contribution in [-0.2, 0) is 9.47 Å². The second-order valence-electron chi connectivity index (χ2n) is 2.85. The minimum Gasteiger partial charge on any atom is -0.389 e. The zero-order valence-electron chi connectivity index (χ0n) is 5.75. The third kappa shape index (κ3) is 1.08. The summed E-state index contributed by atoms with van der Waals surface area (Å²) in [4.78, 5) is 0. The minimum absolute atomic E-state index is 0.347. The number of hydrogen-bond donors (Lipinski definition) is 3. The van der Waals surface area contributed by atoms with Gasteiger partial charge in [0.1, 0.15) is 12.2 Å². The second-order valence-corrected chi connectivity index (χ2v) is 3.44. The Balaban J connectivity index is 2.16. The lowest BCUT2D eigenvalue weighted by Gasteiger charge is -2.32. The number of fused-ring (bicyclic) bond motifs is 2. The third-order valence-corrected chi connectivity index (χ3v) is 2.64. The van der Waals surface area contributed by atoms with Crippen molar-refractivity contribution in [2.45, 2.75) is 29.9 Å². The standard InChI is InChI=1S/C6H10O4S/c7-3-2-1-9-6(10-2)5(11)4(3)8/h2-8,11H,1H2/t2-,3-,4+,5-,6-/m1/s1. The van der Waals surface area contributed by atoms with Crippen LogP contribution >= 0.6 is 12.6 Å². The van der Waals surface area contributed by atoms with Gasteiger partial charge in [-0.3, -0.25) is 0 Å². The molecule has 2 heterocycles. The van der Waals surface area contributed by atoms with Gasteiger partial charge in [0, 0.05) is 0 Å². The summed E-state index contributed by atoms with van der Waals surface area (Å²) >= 11 is 4.06. The van der Waals surface area contributed by atoms with Gasteiger partial charge in [0.2, 0.25) is 0 Å². The molecule has 0 spiro atoms. The smallest absolute Gasteiger partial charge is 0.172 e. The molecule has 2 rings (SSSR count). The van der Waals surface area contributed by atoms with E-state index in [2.05, 4.69) is 12.6 Å². The quantitative estimate of drug-likeness (QED) is 0.406. The Hall–Kier alpha value is 0.190. The molecule has 2 fully saturated rings. The van der Waals surface area contributed by atoms with E-state index in [4.69, 9.17) is 9.47 Å². The van der Waals surface area contributed by atoms with Gasteiger partial charge < -0.3 is 19.7 Å². The molecule has 2 saturated heterocycles. The average molecular weight is 178 g/mol. The van der Waals surface area contributed by atoms with Gasteiger partial charge in [0.15, 0.2) is 6.29 Å². The molecule has 0 radical (unpaired) electrons. The van der Waals surface area contributed by atoms with Crippen molar-refractivity contribution in [3.8, 4) is 0 Å². The summed E-state index contributed by atoms with van der Waals surface area (Å²) in [5.74, 6) is 0. The fraction of sp³-hybridized carbons (Fsp3) is 1.00. The van der Waals surface area contributed by atoms with Crippen LogP contribution in [-0.4, -0.2) is 46.7 Å². The topological polar surface area (TPSA) is 58.9 Å². The molecule has 5 atom stereocenters. The number of aliphatic hydroxyl groups is 2. The van der Waals surface area contributed by atoms with Gasteiger partial charge in [0.05, 0.1) is 18.0 Å². The SMILES string of the molecule is O[C@H]1[C@H](O)[C@H]2CO[C@H](O2)[C@@H]1S. The molecule has 2 N–H and O–H groups in total. The maximum absolute atomic E-state index is 9.34. The molecule has 0 aromatic carbocycles. The highest BCUT2D eigenvalue weighted by molar-refractivity contribution is 7.81.